The minimum atomic E-state index is -0.762. The van der Waals surface area contributed by atoms with E-state index in [0.717, 1.165) is 6.07 Å². The van der Waals surface area contributed by atoms with Crippen molar-refractivity contribution >= 4 is 17.6 Å². The molecule has 0 aliphatic rings. The summed E-state index contributed by atoms with van der Waals surface area (Å²) in [6.07, 6.45) is 0. The molecule has 0 atom stereocenters. The van der Waals surface area contributed by atoms with Crippen molar-refractivity contribution < 1.29 is 28.7 Å². The fraction of sp³-hybridized carbons (Fsp3) is 0.176. The lowest BCUT2D eigenvalue weighted by atomic mass is 10.2. The molecule has 2 aromatic rings. The van der Waals surface area contributed by atoms with Gasteiger partial charge in [0.1, 0.15) is 13.2 Å². The van der Waals surface area contributed by atoms with Gasteiger partial charge in [-0.15, -0.1) is 0 Å². The van der Waals surface area contributed by atoms with Gasteiger partial charge in [-0.05, 0) is 24.3 Å². The number of nitro groups is 1. The molecule has 8 nitrogen and oxygen atoms in total. The van der Waals surface area contributed by atoms with Gasteiger partial charge in [0.2, 0.25) is 0 Å². The average Bonchev–Trinajstić information content (AvgIpc) is 2.64. The second kappa shape index (κ2) is 8.44. The third kappa shape index (κ3) is 4.77. The van der Waals surface area contributed by atoms with Crippen LogP contribution in [0.15, 0.2) is 48.5 Å². The van der Waals surface area contributed by atoms with E-state index in [-0.39, 0.29) is 30.2 Å². The maximum absolute atomic E-state index is 11.9. The lowest BCUT2D eigenvalue weighted by Crippen LogP contribution is -2.14. The summed E-state index contributed by atoms with van der Waals surface area (Å²) in [4.78, 5) is 33.9. The molecular weight excluding hydrogens is 330 g/mol. The fourth-order valence-electron chi connectivity index (χ4n) is 1.97. The topological polar surface area (TPSA) is 105 Å². The van der Waals surface area contributed by atoms with E-state index >= 15 is 0 Å². The lowest BCUT2D eigenvalue weighted by molar-refractivity contribution is -0.385. The molecular formula is C17H15NO7. The minimum Gasteiger partial charge on any atom is -0.490 e. The molecule has 0 saturated carbocycles. The molecule has 0 fully saturated rings. The number of ether oxygens (including phenoxy) is 3. The lowest BCUT2D eigenvalue weighted by Gasteiger charge is -2.07. The zero-order chi connectivity index (χ0) is 18.2. The van der Waals surface area contributed by atoms with Gasteiger partial charge in [0, 0.05) is 6.07 Å². The molecule has 2 aromatic carbocycles. The van der Waals surface area contributed by atoms with Crippen molar-refractivity contribution in [3.8, 4) is 5.75 Å². The van der Waals surface area contributed by atoms with Crippen LogP contribution in [-0.2, 0) is 9.47 Å². The Balaban J connectivity index is 1.87. The standard InChI is InChI=1S/C17H15NO7/c1-23-15-8-7-13(11-14(15)18(21)22)17(20)25-10-9-24-16(19)12-5-3-2-4-6-12/h2-8,11H,9-10H2,1H3. The summed E-state index contributed by atoms with van der Waals surface area (Å²) in [6.45, 7) is -0.297. The summed E-state index contributed by atoms with van der Waals surface area (Å²) >= 11 is 0. The maximum Gasteiger partial charge on any atom is 0.338 e. The van der Waals surface area contributed by atoms with E-state index in [1.807, 2.05) is 0 Å². The van der Waals surface area contributed by atoms with Crippen LogP contribution >= 0.6 is 0 Å². The number of esters is 2. The van der Waals surface area contributed by atoms with Crippen molar-refractivity contribution in [3.63, 3.8) is 0 Å². The van der Waals surface area contributed by atoms with Crippen molar-refractivity contribution in [3.05, 3.63) is 69.8 Å². The number of nitrogens with zero attached hydrogens (tertiary/aromatic N) is 1. The molecule has 0 amide bonds. The third-order valence-corrected chi connectivity index (χ3v) is 3.17. The van der Waals surface area contributed by atoms with Gasteiger partial charge < -0.3 is 14.2 Å². The van der Waals surface area contributed by atoms with E-state index < -0.39 is 16.9 Å². The largest absolute Gasteiger partial charge is 0.490 e. The van der Waals surface area contributed by atoms with Crippen molar-refractivity contribution in [2.24, 2.45) is 0 Å². The molecule has 2 rings (SSSR count). The predicted molar refractivity (Wildman–Crippen MR) is 86.7 cm³/mol. The van der Waals surface area contributed by atoms with Crippen LogP contribution in [0.2, 0.25) is 0 Å². The summed E-state index contributed by atoms with van der Waals surface area (Å²) in [6, 6.07) is 12.1. The molecule has 0 unspecified atom stereocenters. The molecule has 0 aliphatic carbocycles. The first kappa shape index (κ1) is 17.9. The molecule has 0 bridgehead atoms. The smallest absolute Gasteiger partial charge is 0.338 e. The van der Waals surface area contributed by atoms with E-state index in [1.54, 1.807) is 30.3 Å². The Morgan fingerprint density at radius 1 is 0.960 bits per heavy atom. The summed E-state index contributed by atoms with van der Waals surface area (Å²) in [5.41, 5.74) is 0.0500. The Labute approximate surface area is 143 Å². The molecule has 0 spiro atoms. The normalized spacial score (nSPS) is 9.96. The highest BCUT2D eigenvalue weighted by atomic mass is 16.6. The Morgan fingerprint density at radius 3 is 2.12 bits per heavy atom. The zero-order valence-corrected chi connectivity index (χ0v) is 13.3. The van der Waals surface area contributed by atoms with E-state index in [4.69, 9.17) is 14.2 Å². The summed E-state index contributed by atoms with van der Waals surface area (Å²) in [7, 11) is 1.29. The van der Waals surface area contributed by atoms with Gasteiger partial charge >= 0.3 is 17.6 Å². The van der Waals surface area contributed by atoms with Crippen LogP contribution < -0.4 is 4.74 Å². The van der Waals surface area contributed by atoms with Gasteiger partial charge in [0.25, 0.3) is 0 Å². The third-order valence-electron chi connectivity index (χ3n) is 3.17. The second-order valence-corrected chi connectivity index (χ2v) is 4.78. The van der Waals surface area contributed by atoms with Gasteiger partial charge in [-0.3, -0.25) is 10.1 Å². The van der Waals surface area contributed by atoms with Crippen LogP contribution in [-0.4, -0.2) is 37.2 Å². The highest BCUT2D eigenvalue weighted by Gasteiger charge is 2.19. The van der Waals surface area contributed by atoms with Crippen molar-refractivity contribution in [1.82, 2.24) is 0 Å². The summed E-state index contributed by atoms with van der Waals surface area (Å²) in [5, 5.41) is 10.9. The number of methoxy groups -OCH3 is 1. The molecule has 0 saturated heterocycles. The zero-order valence-electron chi connectivity index (χ0n) is 13.3. The Bertz CT molecular complexity index is 774. The average molecular weight is 345 g/mol. The molecule has 25 heavy (non-hydrogen) atoms. The number of carbonyl (C=O) groups is 2. The molecule has 8 heteroatoms. The number of hydrogen-bond donors (Lipinski definition) is 0. The fourth-order valence-corrected chi connectivity index (χ4v) is 1.97. The first-order chi connectivity index (χ1) is 12.0. The van der Waals surface area contributed by atoms with E-state index in [1.165, 1.54) is 19.2 Å². The van der Waals surface area contributed by atoms with Gasteiger partial charge in [0.15, 0.2) is 5.75 Å². The van der Waals surface area contributed by atoms with Crippen LogP contribution in [0, 0.1) is 10.1 Å². The van der Waals surface area contributed by atoms with Crippen LogP contribution in [0.1, 0.15) is 20.7 Å². The molecule has 0 aliphatic heterocycles. The van der Waals surface area contributed by atoms with Gasteiger partial charge in [0.05, 0.1) is 23.2 Å². The van der Waals surface area contributed by atoms with E-state index in [2.05, 4.69) is 0 Å². The van der Waals surface area contributed by atoms with E-state index in [0.29, 0.717) is 5.56 Å². The predicted octanol–water partition coefficient (Wildman–Crippen LogP) is 2.62. The summed E-state index contributed by atoms with van der Waals surface area (Å²) < 4.78 is 14.8. The number of carbonyl (C=O) groups excluding carboxylic acids is 2. The van der Waals surface area contributed by atoms with Crippen LogP contribution in [0.25, 0.3) is 0 Å². The van der Waals surface area contributed by atoms with Crippen molar-refractivity contribution in [2.75, 3.05) is 20.3 Å². The Hall–Kier alpha value is -3.42. The van der Waals surface area contributed by atoms with Gasteiger partial charge in [-0.25, -0.2) is 9.59 Å². The first-order valence-electron chi connectivity index (χ1n) is 7.24. The van der Waals surface area contributed by atoms with Crippen molar-refractivity contribution in [2.45, 2.75) is 0 Å². The number of hydrogen-bond acceptors (Lipinski definition) is 7. The monoisotopic (exact) mass is 345 g/mol. The highest BCUT2D eigenvalue weighted by molar-refractivity contribution is 5.91. The first-order valence-corrected chi connectivity index (χ1v) is 7.24. The van der Waals surface area contributed by atoms with Gasteiger partial charge in [-0.2, -0.15) is 0 Å². The quantitative estimate of drug-likeness (QED) is 0.329. The molecule has 0 heterocycles. The van der Waals surface area contributed by atoms with Crippen LogP contribution in [0.3, 0.4) is 0 Å². The molecule has 0 radical (unpaired) electrons. The van der Waals surface area contributed by atoms with E-state index in [9.17, 15) is 19.7 Å². The van der Waals surface area contributed by atoms with Crippen LogP contribution in [0.5, 0.6) is 5.75 Å². The summed E-state index contributed by atoms with van der Waals surface area (Å²) in [5.74, 6) is -1.25. The number of nitro benzene ring substituents is 1. The Morgan fingerprint density at radius 2 is 1.56 bits per heavy atom. The van der Waals surface area contributed by atoms with Crippen LogP contribution in [0.4, 0.5) is 5.69 Å². The molecule has 0 aromatic heterocycles. The Kier molecular flexibility index (Phi) is 6.05. The number of benzene rings is 2. The van der Waals surface area contributed by atoms with Gasteiger partial charge in [-0.1, -0.05) is 18.2 Å². The SMILES string of the molecule is COc1ccc(C(=O)OCCOC(=O)c2ccccc2)cc1[N+](=O)[O-]. The molecule has 0 N–H and O–H groups in total. The molecule has 130 valence electrons. The van der Waals surface area contributed by atoms with Crippen molar-refractivity contribution in [1.29, 1.82) is 0 Å². The maximum atomic E-state index is 11.9. The second-order valence-electron chi connectivity index (χ2n) is 4.78. The highest BCUT2D eigenvalue weighted by Crippen LogP contribution is 2.27. The number of rotatable bonds is 7. The minimum absolute atomic E-state index is 0.00175.